The quantitative estimate of drug-likeness (QED) is 0.801. The molecule has 0 saturated carbocycles. The molecule has 0 spiro atoms. The van der Waals surface area contributed by atoms with Crippen LogP contribution in [0, 0.1) is 0 Å². The number of nitrogens with one attached hydrogen (secondary N) is 1. The summed E-state index contributed by atoms with van der Waals surface area (Å²) in [5.74, 6) is 1.76. The third kappa shape index (κ3) is 2.12. The molecule has 1 aromatic rings. The van der Waals surface area contributed by atoms with Crippen molar-refractivity contribution in [1.29, 1.82) is 0 Å². The third-order valence-corrected chi connectivity index (χ3v) is 3.89. The molecule has 1 N–H and O–H groups in total. The molecule has 3 heteroatoms. The molecule has 3 nitrogen and oxygen atoms in total. The number of hydrogen-bond acceptors (Lipinski definition) is 3. The largest absolute Gasteiger partial charge is 0.490 e. The summed E-state index contributed by atoms with van der Waals surface area (Å²) < 4.78 is 5.68. The molecule has 92 valence electrons. The fourth-order valence-electron chi connectivity index (χ4n) is 2.78. The first-order chi connectivity index (χ1) is 8.34. The highest BCUT2D eigenvalue weighted by Gasteiger charge is 2.19. The van der Waals surface area contributed by atoms with Crippen LogP contribution in [0.1, 0.15) is 24.3 Å². The summed E-state index contributed by atoms with van der Waals surface area (Å²) in [5, 5.41) is 3.42. The Hall–Kier alpha value is -1.22. The molecule has 0 unspecified atom stereocenters. The van der Waals surface area contributed by atoms with Gasteiger partial charge in [-0.3, -0.25) is 0 Å². The summed E-state index contributed by atoms with van der Waals surface area (Å²) in [6.07, 6.45) is 2.51. The van der Waals surface area contributed by atoms with Crippen LogP contribution in [0.5, 0.6) is 5.75 Å². The number of nitrogens with zero attached hydrogens (tertiary/aromatic N) is 1. The molecule has 1 aromatic carbocycles. The van der Waals surface area contributed by atoms with Gasteiger partial charge in [0.1, 0.15) is 12.4 Å². The number of rotatable bonds is 1. The highest BCUT2D eigenvalue weighted by Crippen LogP contribution is 2.35. The Morgan fingerprint density at radius 1 is 1.29 bits per heavy atom. The van der Waals surface area contributed by atoms with E-state index < -0.39 is 0 Å². The standard InChI is InChI=1S/C14H20N2O/c1-16-8-9-17-14-3-2-12(10-13(14)16)11-4-6-15-7-5-11/h2-3,10-11,15H,4-9H2,1H3. The fraction of sp³-hybridized carbons (Fsp3) is 0.571. The second-order valence-corrected chi connectivity index (χ2v) is 5.02. The zero-order valence-electron chi connectivity index (χ0n) is 10.4. The molecule has 2 aliphatic heterocycles. The van der Waals surface area contributed by atoms with Gasteiger partial charge in [-0.25, -0.2) is 0 Å². The third-order valence-electron chi connectivity index (χ3n) is 3.89. The van der Waals surface area contributed by atoms with Gasteiger partial charge in [-0.15, -0.1) is 0 Å². The summed E-state index contributed by atoms with van der Waals surface area (Å²) in [6.45, 7) is 4.08. The molecule has 0 atom stereocenters. The first-order valence-electron chi connectivity index (χ1n) is 6.53. The minimum atomic E-state index is 0.719. The van der Waals surface area contributed by atoms with E-state index in [1.807, 2.05) is 0 Å². The molecule has 2 heterocycles. The maximum atomic E-state index is 5.68. The first-order valence-corrected chi connectivity index (χ1v) is 6.53. The molecule has 0 aromatic heterocycles. The molecule has 2 aliphatic rings. The lowest BCUT2D eigenvalue weighted by Crippen LogP contribution is -2.29. The predicted octanol–water partition coefficient (Wildman–Crippen LogP) is 1.98. The summed E-state index contributed by atoms with van der Waals surface area (Å²) in [4.78, 5) is 2.30. The lowest BCUT2D eigenvalue weighted by Gasteiger charge is -2.30. The second-order valence-electron chi connectivity index (χ2n) is 5.02. The lowest BCUT2D eigenvalue weighted by molar-refractivity contribution is 0.311. The minimum Gasteiger partial charge on any atom is -0.490 e. The van der Waals surface area contributed by atoms with Crippen molar-refractivity contribution in [2.75, 3.05) is 38.2 Å². The summed E-state index contributed by atoms with van der Waals surface area (Å²) in [5.41, 5.74) is 2.73. The average Bonchev–Trinajstić information content (AvgIpc) is 2.40. The van der Waals surface area contributed by atoms with Crippen molar-refractivity contribution in [1.82, 2.24) is 5.32 Å². The van der Waals surface area contributed by atoms with Crippen LogP contribution >= 0.6 is 0 Å². The van der Waals surface area contributed by atoms with Crippen molar-refractivity contribution >= 4 is 5.69 Å². The molecule has 1 saturated heterocycles. The number of benzene rings is 1. The van der Waals surface area contributed by atoms with Crippen LogP contribution in [0.4, 0.5) is 5.69 Å². The van der Waals surface area contributed by atoms with Gasteiger partial charge in [0.25, 0.3) is 0 Å². The van der Waals surface area contributed by atoms with Crippen LogP contribution in [-0.4, -0.2) is 33.3 Å². The lowest BCUT2D eigenvalue weighted by atomic mass is 9.90. The Morgan fingerprint density at radius 2 is 2.12 bits per heavy atom. The maximum absolute atomic E-state index is 5.68. The normalized spacial score (nSPS) is 20.9. The molecule has 3 rings (SSSR count). The van der Waals surface area contributed by atoms with Gasteiger partial charge in [0.2, 0.25) is 0 Å². The highest BCUT2D eigenvalue weighted by atomic mass is 16.5. The fourth-order valence-corrected chi connectivity index (χ4v) is 2.78. The SMILES string of the molecule is CN1CCOc2ccc(C3CCNCC3)cc21. The zero-order chi connectivity index (χ0) is 11.7. The van der Waals surface area contributed by atoms with Gasteiger partial charge >= 0.3 is 0 Å². The van der Waals surface area contributed by atoms with Crippen LogP contribution in [0.15, 0.2) is 18.2 Å². The van der Waals surface area contributed by atoms with E-state index >= 15 is 0 Å². The first kappa shape index (κ1) is 10.9. The number of likely N-dealkylation sites (N-methyl/N-ethyl adjacent to an activating group) is 1. The molecule has 0 amide bonds. The second kappa shape index (κ2) is 4.57. The van der Waals surface area contributed by atoms with Gasteiger partial charge in [0, 0.05) is 7.05 Å². The van der Waals surface area contributed by atoms with Crippen LogP contribution in [0.2, 0.25) is 0 Å². The van der Waals surface area contributed by atoms with E-state index in [1.54, 1.807) is 0 Å². The highest BCUT2D eigenvalue weighted by molar-refractivity contribution is 5.61. The molecular formula is C14H20N2O. The van der Waals surface area contributed by atoms with E-state index in [4.69, 9.17) is 4.74 Å². The van der Waals surface area contributed by atoms with E-state index in [9.17, 15) is 0 Å². The van der Waals surface area contributed by atoms with Crippen LogP contribution in [0.25, 0.3) is 0 Å². The average molecular weight is 232 g/mol. The molecule has 0 bridgehead atoms. The number of anilines is 1. The monoisotopic (exact) mass is 232 g/mol. The number of ether oxygens (including phenoxy) is 1. The van der Waals surface area contributed by atoms with Crippen molar-refractivity contribution in [2.24, 2.45) is 0 Å². The number of hydrogen-bond donors (Lipinski definition) is 1. The summed E-state index contributed by atoms with van der Waals surface area (Å²) in [7, 11) is 2.15. The van der Waals surface area contributed by atoms with Crippen LogP contribution in [-0.2, 0) is 0 Å². The molecular weight excluding hydrogens is 212 g/mol. The Kier molecular flexibility index (Phi) is 2.93. The molecule has 1 fully saturated rings. The predicted molar refractivity (Wildman–Crippen MR) is 70.1 cm³/mol. The van der Waals surface area contributed by atoms with Gasteiger partial charge in [-0.2, -0.15) is 0 Å². The Balaban J connectivity index is 1.88. The van der Waals surface area contributed by atoms with Gasteiger partial charge in [0.05, 0.1) is 12.2 Å². The molecule has 0 aliphatic carbocycles. The van der Waals surface area contributed by atoms with Crippen molar-refractivity contribution < 1.29 is 4.74 Å². The van der Waals surface area contributed by atoms with Gasteiger partial charge in [-0.05, 0) is 49.5 Å². The van der Waals surface area contributed by atoms with Crippen LogP contribution in [0.3, 0.4) is 0 Å². The van der Waals surface area contributed by atoms with E-state index in [-0.39, 0.29) is 0 Å². The topological polar surface area (TPSA) is 24.5 Å². The minimum absolute atomic E-state index is 0.719. The van der Waals surface area contributed by atoms with E-state index in [0.29, 0.717) is 0 Å². The van der Waals surface area contributed by atoms with Gasteiger partial charge in [-0.1, -0.05) is 6.07 Å². The smallest absolute Gasteiger partial charge is 0.142 e. The van der Waals surface area contributed by atoms with Gasteiger partial charge < -0.3 is 15.0 Å². The Morgan fingerprint density at radius 3 is 2.94 bits per heavy atom. The number of piperidine rings is 1. The van der Waals surface area contributed by atoms with Crippen molar-refractivity contribution in [3.8, 4) is 5.75 Å². The van der Waals surface area contributed by atoms with E-state index in [0.717, 1.165) is 37.9 Å². The number of fused-ring (bicyclic) bond motifs is 1. The Bertz CT molecular complexity index is 399. The van der Waals surface area contributed by atoms with Crippen molar-refractivity contribution in [2.45, 2.75) is 18.8 Å². The maximum Gasteiger partial charge on any atom is 0.142 e. The summed E-state index contributed by atoms with van der Waals surface area (Å²) >= 11 is 0. The molecule has 17 heavy (non-hydrogen) atoms. The van der Waals surface area contributed by atoms with Crippen molar-refractivity contribution in [3.05, 3.63) is 23.8 Å². The van der Waals surface area contributed by atoms with Gasteiger partial charge in [0.15, 0.2) is 0 Å². The van der Waals surface area contributed by atoms with Crippen molar-refractivity contribution in [3.63, 3.8) is 0 Å². The molecule has 0 radical (unpaired) electrons. The van der Waals surface area contributed by atoms with E-state index in [2.05, 4.69) is 35.5 Å². The van der Waals surface area contributed by atoms with Crippen LogP contribution < -0.4 is 15.0 Å². The zero-order valence-corrected chi connectivity index (χ0v) is 10.4. The van der Waals surface area contributed by atoms with E-state index in [1.165, 1.54) is 24.1 Å². The Labute approximate surface area is 103 Å². The summed E-state index contributed by atoms with van der Waals surface area (Å²) in [6, 6.07) is 6.71.